The van der Waals surface area contributed by atoms with Crippen molar-refractivity contribution < 1.29 is 32.1 Å². The first kappa shape index (κ1) is 23.3. The first-order valence-electron chi connectivity index (χ1n) is 10.5. The van der Waals surface area contributed by atoms with Gasteiger partial charge in [0.15, 0.2) is 0 Å². The molecule has 0 unspecified atom stereocenters. The molecule has 0 aliphatic carbocycles. The van der Waals surface area contributed by atoms with Gasteiger partial charge < -0.3 is 24.4 Å². The van der Waals surface area contributed by atoms with E-state index in [1.807, 2.05) is 0 Å². The number of aromatic nitrogens is 2. The number of aliphatic hydroxyl groups is 1. The second-order valence-corrected chi connectivity index (χ2v) is 7.90. The molecule has 2 aromatic rings. The van der Waals surface area contributed by atoms with Gasteiger partial charge in [-0.1, -0.05) is 0 Å². The molecule has 3 heterocycles. The molecule has 2 aliphatic rings. The number of benzene rings is 1. The van der Waals surface area contributed by atoms with E-state index < -0.39 is 36.2 Å². The lowest BCUT2D eigenvalue weighted by Gasteiger charge is -2.40. The molecule has 2 aliphatic heterocycles. The number of rotatable bonds is 5. The number of fused-ring (bicyclic) bond motifs is 1. The molecule has 1 N–H and O–H groups in total. The Morgan fingerprint density at radius 1 is 1.24 bits per heavy atom. The highest BCUT2D eigenvalue weighted by Gasteiger charge is 2.47. The van der Waals surface area contributed by atoms with Gasteiger partial charge in [0.2, 0.25) is 5.95 Å². The molecular weight excluding hydrogens is 448 g/mol. The zero-order chi connectivity index (χ0) is 23.8. The molecule has 0 radical (unpaired) electrons. The van der Waals surface area contributed by atoms with Crippen LogP contribution in [-0.2, 0) is 11.3 Å². The van der Waals surface area contributed by atoms with Crippen LogP contribution in [0, 0.1) is 5.82 Å². The van der Waals surface area contributed by atoms with Crippen LogP contribution in [0.5, 0.6) is 5.75 Å². The monoisotopic (exact) mass is 472 g/mol. The standard InChI is InChI=1S/C21H24F4N4O4/c1-32-16-10-13(22)2-3-14(16)15(30)12-29-17(21(23,24)25)4-5-28-19(31)11-18(26-20(28)29)27-6-8-33-9-7-27/h2-3,10-11,15,17,30H,4-9,12H2,1H3/t15-,17+/m1/s1. The molecule has 0 spiro atoms. The third-order valence-corrected chi connectivity index (χ3v) is 5.87. The predicted octanol–water partition coefficient (Wildman–Crippen LogP) is 2.10. The first-order valence-corrected chi connectivity index (χ1v) is 10.5. The van der Waals surface area contributed by atoms with E-state index in [1.165, 1.54) is 23.8 Å². The smallest absolute Gasteiger partial charge is 0.408 e. The predicted molar refractivity (Wildman–Crippen MR) is 111 cm³/mol. The average molecular weight is 472 g/mol. The summed E-state index contributed by atoms with van der Waals surface area (Å²) in [6.07, 6.45) is -6.45. The lowest BCUT2D eigenvalue weighted by Crippen LogP contribution is -2.54. The number of hydrogen-bond donors (Lipinski definition) is 1. The Hall–Kier alpha value is -2.86. The van der Waals surface area contributed by atoms with Gasteiger partial charge in [0.1, 0.15) is 29.5 Å². The molecule has 0 saturated carbocycles. The van der Waals surface area contributed by atoms with Gasteiger partial charge >= 0.3 is 6.18 Å². The Labute approximate surface area is 187 Å². The third kappa shape index (κ3) is 4.76. The summed E-state index contributed by atoms with van der Waals surface area (Å²) in [6.45, 7) is 1.06. The Morgan fingerprint density at radius 2 is 1.97 bits per heavy atom. The lowest BCUT2D eigenvalue weighted by atomic mass is 10.0. The number of morpholine rings is 1. The normalized spacial score (nSPS) is 19.9. The zero-order valence-corrected chi connectivity index (χ0v) is 17.9. The van der Waals surface area contributed by atoms with Gasteiger partial charge in [-0.25, -0.2) is 4.39 Å². The van der Waals surface area contributed by atoms with Gasteiger partial charge in [0.25, 0.3) is 5.56 Å². The van der Waals surface area contributed by atoms with Crippen molar-refractivity contribution in [3.05, 3.63) is 46.0 Å². The van der Waals surface area contributed by atoms with Gasteiger partial charge in [-0.05, 0) is 18.6 Å². The molecule has 180 valence electrons. The molecule has 0 amide bonds. The maximum absolute atomic E-state index is 14.0. The Balaban J connectivity index is 1.74. The summed E-state index contributed by atoms with van der Waals surface area (Å²) in [5.41, 5.74) is -0.343. The number of β-amino-alcohol motifs (C(OH)–C–C–N with tert-alkyl or cyclic N) is 1. The third-order valence-electron chi connectivity index (χ3n) is 5.87. The summed E-state index contributed by atoms with van der Waals surface area (Å²) < 4.78 is 67.0. The van der Waals surface area contributed by atoms with Crippen molar-refractivity contribution in [3.8, 4) is 5.75 Å². The van der Waals surface area contributed by atoms with Gasteiger partial charge in [0.05, 0.1) is 26.9 Å². The summed E-state index contributed by atoms with van der Waals surface area (Å²) in [5.74, 6) is -0.507. The number of ether oxygens (including phenoxy) is 2. The second kappa shape index (κ2) is 9.18. The average Bonchev–Trinajstić information content (AvgIpc) is 2.79. The number of nitrogens with zero attached hydrogens (tertiary/aromatic N) is 4. The van der Waals surface area contributed by atoms with Crippen molar-refractivity contribution in [1.82, 2.24) is 9.55 Å². The summed E-state index contributed by atoms with van der Waals surface area (Å²) >= 11 is 0. The minimum Gasteiger partial charge on any atom is -0.496 e. The molecule has 1 saturated heterocycles. The lowest BCUT2D eigenvalue weighted by molar-refractivity contribution is -0.153. The number of hydrogen-bond acceptors (Lipinski definition) is 7. The number of alkyl halides is 3. The maximum atomic E-state index is 14.0. The van der Waals surface area contributed by atoms with Gasteiger partial charge in [-0.15, -0.1) is 0 Å². The van der Waals surface area contributed by atoms with E-state index in [0.717, 1.165) is 17.0 Å². The molecule has 8 nitrogen and oxygen atoms in total. The van der Waals surface area contributed by atoms with Gasteiger partial charge in [-0.2, -0.15) is 18.2 Å². The van der Waals surface area contributed by atoms with Crippen LogP contribution in [0.4, 0.5) is 29.3 Å². The Bertz CT molecular complexity index is 1060. The fourth-order valence-corrected chi connectivity index (χ4v) is 4.21. The van der Waals surface area contributed by atoms with E-state index in [1.54, 1.807) is 4.90 Å². The maximum Gasteiger partial charge on any atom is 0.408 e. The quantitative estimate of drug-likeness (QED) is 0.668. The van der Waals surface area contributed by atoms with Crippen LogP contribution in [0.3, 0.4) is 0 Å². The minimum atomic E-state index is -4.62. The van der Waals surface area contributed by atoms with Crippen molar-refractivity contribution in [2.45, 2.75) is 31.3 Å². The van der Waals surface area contributed by atoms with Crippen LogP contribution >= 0.6 is 0 Å². The van der Waals surface area contributed by atoms with Crippen LogP contribution < -0.4 is 20.1 Å². The summed E-state index contributed by atoms with van der Waals surface area (Å²) in [5, 5.41) is 10.8. The molecule has 33 heavy (non-hydrogen) atoms. The molecule has 4 rings (SSSR count). The van der Waals surface area contributed by atoms with E-state index in [9.17, 15) is 27.5 Å². The number of methoxy groups -OCH3 is 1. The summed E-state index contributed by atoms with van der Waals surface area (Å²) in [7, 11) is 1.27. The van der Waals surface area contributed by atoms with E-state index >= 15 is 0 Å². The first-order chi connectivity index (χ1) is 15.7. The van der Waals surface area contributed by atoms with Crippen LogP contribution in [0.15, 0.2) is 29.1 Å². The SMILES string of the molecule is COc1cc(F)ccc1[C@H](O)CN1c2nc(N3CCOCC3)cc(=O)n2CC[C@H]1C(F)(F)F. The van der Waals surface area contributed by atoms with Crippen LogP contribution in [-0.4, -0.2) is 66.8 Å². The van der Waals surface area contributed by atoms with E-state index in [-0.39, 0.29) is 36.0 Å². The van der Waals surface area contributed by atoms with Crippen molar-refractivity contribution in [2.24, 2.45) is 0 Å². The van der Waals surface area contributed by atoms with E-state index in [4.69, 9.17) is 9.47 Å². The summed E-state index contributed by atoms with van der Waals surface area (Å²) in [6, 6.07) is 2.75. The molecule has 0 bridgehead atoms. The highest BCUT2D eigenvalue weighted by Crippen LogP contribution is 2.36. The van der Waals surface area contributed by atoms with E-state index in [0.29, 0.717) is 26.3 Å². The molecule has 1 fully saturated rings. The number of anilines is 2. The van der Waals surface area contributed by atoms with Crippen molar-refractivity contribution in [1.29, 1.82) is 0 Å². The fourth-order valence-electron chi connectivity index (χ4n) is 4.21. The van der Waals surface area contributed by atoms with Crippen LogP contribution in [0.2, 0.25) is 0 Å². The largest absolute Gasteiger partial charge is 0.496 e. The highest BCUT2D eigenvalue weighted by molar-refractivity contribution is 5.47. The number of aliphatic hydroxyl groups excluding tert-OH is 1. The van der Waals surface area contributed by atoms with Crippen molar-refractivity contribution in [2.75, 3.05) is 49.8 Å². The molecule has 1 aromatic carbocycles. The molecule has 2 atom stereocenters. The second-order valence-electron chi connectivity index (χ2n) is 7.90. The summed E-state index contributed by atoms with van der Waals surface area (Å²) in [4.78, 5) is 19.8. The van der Waals surface area contributed by atoms with Crippen LogP contribution in [0.1, 0.15) is 18.1 Å². The van der Waals surface area contributed by atoms with E-state index in [2.05, 4.69) is 4.98 Å². The van der Waals surface area contributed by atoms with Crippen molar-refractivity contribution >= 4 is 11.8 Å². The molecule has 12 heteroatoms. The van der Waals surface area contributed by atoms with Crippen LogP contribution in [0.25, 0.3) is 0 Å². The highest BCUT2D eigenvalue weighted by atomic mass is 19.4. The molecule has 1 aromatic heterocycles. The Kier molecular flexibility index (Phi) is 6.48. The topological polar surface area (TPSA) is 80.1 Å². The number of halogens is 4. The zero-order valence-electron chi connectivity index (χ0n) is 17.9. The van der Waals surface area contributed by atoms with Gasteiger partial charge in [0, 0.05) is 37.3 Å². The van der Waals surface area contributed by atoms with Gasteiger partial charge in [-0.3, -0.25) is 9.36 Å². The minimum absolute atomic E-state index is 0.00971. The fraction of sp³-hybridized carbons (Fsp3) is 0.524. The molecular formula is C21H24F4N4O4. The Morgan fingerprint density at radius 3 is 2.64 bits per heavy atom. The van der Waals surface area contributed by atoms with Crippen molar-refractivity contribution in [3.63, 3.8) is 0 Å².